The third-order valence-corrected chi connectivity index (χ3v) is 4.11. The molecule has 3 rings (SSSR count). The molecule has 112 valence electrons. The summed E-state index contributed by atoms with van der Waals surface area (Å²) in [5.74, 6) is -0.447. The van der Waals surface area contributed by atoms with Crippen LogP contribution >= 0.6 is 11.8 Å². The summed E-state index contributed by atoms with van der Waals surface area (Å²) < 4.78 is 6.47. The molecule has 0 atom stereocenters. The fourth-order valence-corrected chi connectivity index (χ4v) is 2.83. The van der Waals surface area contributed by atoms with E-state index in [1.54, 1.807) is 18.0 Å². The molecule has 0 spiro atoms. The van der Waals surface area contributed by atoms with Crippen molar-refractivity contribution in [2.45, 2.75) is 18.7 Å². The topological polar surface area (TPSA) is 69.4 Å². The Morgan fingerprint density at radius 3 is 2.82 bits per heavy atom. The van der Waals surface area contributed by atoms with Crippen LogP contribution in [-0.2, 0) is 4.79 Å². The molecule has 6 nitrogen and oxygen atoms in total. The molecule has 0 amide bonds. The smallest absolute Gasteiger partial charge is 0.328 e. The number of aromatic nitrogens is 4. The molecule has 7 heteroatoms. The largest absolute Gasteiger partial charge is 0.391 e. The molecular weight excluding hydrogens is 300 g/mol. The van der Waals surface area contributed by atoms with Crippen LogP contribution < -0.4 is 4.74 Å². The van der Waals surface area contributed by atoms with Gasteiger partial charge >= 0.3 is 12.0 Å². The lowest BCUT2D eigenvalue weighted by Gasteiger charge is -2.06. The van der Waals surface area contributed by atoms with Crippen molar-refractivity contribution in [3.63, 3.8) is 0 Å². The molecule has 0 bridgehead atoms. The second kappa shape index (κ2) is 5.76. The molecule has 22 heavy (non-hydrogen) atoms. The Morgan fingerprint density at radius 1 is 1.32 bits per heavy atom. The van der Waals surface area contributed by atoms with Gasteiger partial charge in [0.2, 0.25) is 0 Å². The highest BCUT2D eigenvalue weighted by Crippen LogP contribution is 2.29. The minimum Gasteiger partial charge on any atom is -0.391 e. The van der Waals surface area contributed by atoms with Gasteiger partial charge in [-0.1, -0.05) is 12.1 Å². The van der Waals surface area contributed by atoms with Gasteiger partial charge < -0.3 is 4.74 Å². The zero-order valence-corrected chi connectivity index (χ0v) is 13.2. The molecule has 2 aromatic heterocycles. The predicted octanol–water partition coefficient (Wildman–Crippen LogP) is 2.75. The third kappa shape index (κ3) is 2.55. The van der Waals surface area contributed by atoms with E-state index < -0.39 is 5.97 Å². The second-order valence-electron chi connectivity index (χ2n) is 4.73. The number of aryl methyl sites for hydroxylation is 1. The number of benzene rings is 1. The summed E-state index contributed by atoms with van der Waals surface area (Å²) in [5.41, 5.74) is 3.67. The molecule has 0 fully saturated rings. The number of rotatable bonds is 3. The lowest BCUT2D eigenvalue weighted by molar-refractivity contribution is -0.132. The number of esters is 1. The van der Waals surface area contributed by atoms with E-state index in [2.05, 4.69) is 40.4 Å². The number of thioether (sulfide) groups is 1. The molecule has 0 unspecified atom stereocenters. The summed E-state index contributed by atoms with van der Waals surface area (Å²) >= 11 is 1.71. The normalized spacial score (nSPS) is 10.9. The van der Waals surface area contributed by atoms with E-state index >= 15 is 0 Å². The highest BCUT2D eigenvalue weighted by molar-refractivity contribution is 7.98. The monoisotopic (exact) mass is 314 g/mol. The van der Waals surface area contributed by atoms with Crippen LogP contribution in [0.3, 0.4) is 0 Å². The van der Waals surface area contributed by atoms with Gasteiger partial charge in [-0.2, -0.15) is 14.6 Å². The van der Waals surface area contributed by atoms with Crippen LogP contribution in [-0.4, -0.2) is 31.8 Å². The fourth-order valence-electron chi connectivity index (χ4n) is 2.24. The van der Waals surface area contributed by atoms with Crippen LogP contribution in [0.2, 0.25) is 0 Å². The first kappa shape index (κ1) is 14.5. The summed E-state index contributed by atoms with van der Waals surface area (Å²) in [6, 6.07) is 6.31. The first-order chi connectivity index (χ1) is 10.6. The number of carbonyl (C=O) groups is 1. The molecule has 0 saturated heterocycles. The zero-order valence-electron chi connectivity index (χ0n) is 12.4. The standard InChI is InChI=1S/C15H14N4O2S/c1-9-6-11(4-5-13(9)22-3)12-7-18-19-14(12)16-8-17-15(19)21-10(2)20/h4-8H,1-3H3. The Balaban J connectivity index is 2.12. The Labute approximate surface area is 131 Å². The molecule has 3 aromatic rings. The summed E-state index contributed by atoms with van der Waals surface area (Å²) in [4.78, 5) is 20.5. The van der Waals surface area contributed by atoms with Crippen molar-refractivity contribution in [3.8, 4) is 17.1 Å². The zero-order chi connectivity index (χ0) is 15.7. The molecule has 0 aliphatic rings. The molecule has 2 heterocycles. The summed E-state index contributed by atoms with van der Waals surface area (Å²) in [7, 11) is 0. The van der Waals surface area contributed by atoms with Gasteiger partial charge in [0.25, 0.3) is 0 Å². The van der Waals surface area contributed by atoms with Crippen molar-refractivity contribution >= 4 is 23.4 Å². The van der Waals surface area contributed by atoms with Gasteiger partial charge in [0.05, 0.1) is 6.20 Å². The van der Waals surface area contributed by atoms with Crippen LogP contribution in [0, 0.1) is 6.92 Å². The average Bonchev–Trinajstić information content (AvgIpc) is 2.91. The molecule has 0 radical (unpaired) electrons. The second-order valence-corrected chi connectivity index (χ2v) is 5.58. The van der Waals surface area contributed by atoms with Gasteiger partial charge in [0.1, 0.15) is 6.33 Å². The van der Waals surface area contributed by atoms with Crippen molar-refractivity contribution in [2.75, 3.05) is 6.26 Å². The Bertz CT molecular complexity index is 860. The first-order valence-electron chi connectivity index (χ1n) is 6.62. The number of fused-ring (bicyclic) bond motifs is 1. The third-order valence-electron chi connectivity index (χ3n) is 3.21. The summed E-state index contributed by atoms with van der Waals surface area (Å²) in [6.07, 6.45) is 5.11. The highest BCUT2D eigenvalue weighted by atomic mass is 32.2. The minimum absolute atomic E-state index is 0.112. The Kier molecular flexibility index (Phi) is 3.81. The lowest BCUT2D eigenvalue weighted by Crippen LogP contribution is -2.08. The maximum Gasteiger partial charge on any atom is 0.328 e. The van der Waals surface area contributed by atoms with Crippen LogP contribution in [0.4, 0.5) is 0 Å². The Hall–Kier alpha value is -2.41. The molecular formula is C15H14N4O2S. The van der Waals surface area contributed by atoms with Crippen molar-refractivity contribution in [3.05, 3.63) is 36.3 Å². The van der Waals surface area contributed by atoms with Gasteiger partial charge in [-0.15, -0.1) is 11.8 Å². The van der Waals surface area contributed by atoms with Crippen LogP contribution in [0.15, 0.2) is 35.6 Å². The van der Waals surface area contributed by atoms with Gasteiger partial charge in [-0.05, 0) is 30.4 Å². The first-order valence-corrected chi connectivity index (χ1v) is 7.85. The van der Waals surface area contributed by atoms with E-state index in [1.807, 2.05) is 6.07 Å². The molecule has 0 aliphatic carbocycles. The van der Waals surface area contributed by atoms with Crippen molar-refractivity contribution in [1.29, 1.82) is 0 Å². The maximum atomic E-state index is 11.1. The van der Waals surface area contributed by atoms with Gasteiger partial charge in [-0.3, -0.25) is 4.79 Å². The SMILES string of the molecule is CSc1ccc(-c2cnn3c(OC(C)=O)ncnc23)cc1C. The van der Waals surface area contributed by atoms with E-state index in [0.29, 0.717) is 5.65 Å². The van der Waals surface area contributed by atoms with Gasteiger partial charge in [-0.25, -0.2) is 4.98 Å². The number of hydrogen-bond acceptors (Lipinski definition) is 6. The van der Waals surface area contributed by atoms with Gasteiger partial charge in [0.15, 0.2) is 5.65 Å². The van der Waals surface area contributed by atoms with Crippen molar-refractivity contribution in [2.24, 2.45) is 0 Å². The quantitative estimate of drug-likeness (QED) is 0.547. The number of ether oxygens (including phenoxy) is 1. The highest BCUT2D eigenvalue weighted by Gasteiger charge is 2.14. The predicted molar refractivity (Wildman–Crippen MR) is 84.0 cm³/mol. The fraction of sp³-hybridized carbons (Fsp3) is 0.200. The van der Waals surface area contributed by atoms with Crippen LogP contribution in [0.5, 0.6) is 6.01 Å². The van der Waals surface area contributed by atoms with Crippen LogP contribution in [0.25, 0.3) is 16.8 Å². The van der Waals surface area contributed by atoms with E-state index in [-0.39, 0.29) is 6.01 Å². The van der Waals surface area contributed by atoms with E-state index in [9.17, 15) is 4.79 Å². The maximum absolute atomic E-state index is 11.1. The van der Waals surface area contributed by atoms with Crippen molar-refractivity contribution < 1.29 is 9.53 Å². The Morgan fingerprint density at radius 2 is 2.14 bits per heavy atom. The number of nitrogens with zero attached hydrogens (tertiary/aromatic N) is 4. The molecule has 0 N–H and O–H groups in total. The number of carbonyl (C=O) groups excluding carboxylic acids is 1. The molecule has 0 aliphatic heterocycles. The number of hydrogen-bond donors (Lipinski definition) is 0. The summed E-state index contributed by atoms with van der Waals surface area (Å²) in [6.45, 7) is 3.39. The van der Waals surface area contributed by atoms with E-state index in [1.165, 1.54) is 28.2 Å². The van der Waals surface area contributed by atoms with E-state index in [0.717, 1.165) is 11.1 Å². The summed E-state index contributed by atoms with van der Waals surface area (Å²) in [5, 5.41) is 4.23. The van der Waals surface area contributed by atoms with E-state index in [4.69, 9.17) is 4.74 Å². The average molecular weight is 314 g/mol. The van der Waals surface area contributed by atoms with Gasteiger partial charge in [0, 0.05) is 17.4 Å². The van der Waals surface area contributed by atoms with Crippen LogP contribution in [0.1, 0.15) is 12.5 Å². The molecule has 1 aromatic carbocycles. The lowest BCUT2D eigenvalue weighted by atomic mass is 10.1. The van der Waals surface area contributed by atoms with Crippen molar-refractivity contribution in [1.82, 2.24) is 19.6 Å². The minimum atomic E-state index is -0.447. The molecule has 0 saturated carbocycles.